The standard InChI is InChI=1S/C17H35N3/c1-5-14(3)16(18)12-11-13(2)9-7-6-8-10-15(4)17(19)20/h12-14H,5-11,18-20H2,1-4H3/b16-12-. The SMILES string of the molecule is CCC(C)/C(N)=C/CC(C)CCCCCC(C)=C(N)N. The number of unbranched alkanes of at least 4 members (excludes halogenated alkanes) is 2. The largest absolute Gasteiger partial charge is 0.402 e. The summed E-state index contributed by atoms with van der Waals surface area (Å²) < 4.78 is 0. The molecule has 0 fully saturated rings. The van der Waals surface area contributed by atoms with Gasteiger partial charge in [-0.15, -0.1) is 0 Å². The van der Waals surface area contributed by atoms with Gasteiger partial charge in [-0.3, -0.25) is 0 Å². The van der Waals surface area contributed by atoms with E-state index in [9.17, 15) is 0 Å². The van der Waals surface area contributed by atoms with Crippen LogP contribution in [0.25, 0.3) is 0 Å². The monoisotopic (exact) mass is 281 g/mol. The molecule has 6 N–H and O–H groups in total. The van der Waals surface area contributed by atoms with Crippen molar-refractivity contribution < 1.29 is 0 Å². The Balaban J connectivity index is 3.74. The van der Waals surface area contributed by atoms with E-state index in [-0.39, 0.29) is 0 Å². The maximum atomic E-state index is 6.05. The van der Waals surface area contributed by atoms with Crippen LogP contribution in [0.2, 0.25) is 0 Å². The van der Waals surface area contributed by atoms with Gasteiger partial charge in [0.1, 0.15) is 0 Å². The lowest BCUT2D eigenvalue weighted by atomic mass is 9.96. The highest BCUT2D eigenvalue weighted by Crippen LogP contribution is 2.18. The molecule has 3 nitrogen and oxygen atoms in total. The zero-order chi connectivity index (χ0) is 15.5. The van der Waals surface area contributed by atoms with Crippen LogP contribution < -0.4 is 17.2 Å². The second-order valence-corrected chi connectivity index (χ2v) is 6.19. The van der Waals surface area contributed by atoms with Crippen LogP contribution in [-0.2, 0) is 0 Å². The van der Waals surface area contributed by atoms with Crippen molar-refractivity contribution in [3.05, 3.63) is 23.2 Å². The fourth-order valence-corrected chi connectivity index (χ4v) is 2.10. The van der Waals surface area contributed by atoms with Gasteiger partial charge in [0.15, 0.2) is 0 Å². The zero-order valence-corrected chi connectivity index (χ0v) is 13.9. The summed E-state index contributed by atoms with van der Waals surface area (Å²) in [5, 5.41) is 0. The van der Waals surface area contributed by atoms with Gasteiger partial charge in [0.2, 0.25) is 0 Å². The van der Waals surface area contributed by atoms with Gasteiger partial charge in [-0.1, -0.05) is 46.1 Å². The molecule has 0 amide bonds. The molecule has 0 heterocycles. The van der Waals surface area contributed by atoms with E-state index in [2.05, 4.69) is 26.8 Å². The molecular weight excluding hydrogens is 246 g/mol. The molecule has 0 aromatic carbocycles. The smallest absolute Gasteiger partial charge is 0.0922 e. The molecular formula is C17H35N3. The Morgan fingerprint density at radius 3 is 2.25 bits per heavy atom. The fourth-order valence-electron chi connectivity index (χ4n) is 2.10. The van der Waals surface area contributed by atoms with Crippen molar-refractivity contribution in [1.29, 1.82) is 0 Å². The average molecular weight is 281 g/mol. The average Bonchev–Trinajstić information content (AvgIpc) is 2.42. The molecule has 0 aliphatic rings. The molecule has 2 atom stereocenters. The summed E-state index contributed by atoms with van der Waals surface area (Å²) in [6.45, 7) is 8.69. The lowest BCUT2D eigenvalue weighted by molar-refractivity contribution is 0.492. The van der Waals surface area contributed by atoms with Gasteiger partial charge in [0, 0.05) is 5.70 Å². The van der Waals surface area contributed by atoms with Crippen LogP contribution in [0.15, 0.2) is 23.2 Å². The van der Waals surface area contributed by atoms with E-state index in [4.69, 9.17) is 17.2 Å². The summed E-state index contributed by atoms with van der Waals surface area (Å²) in [7, 11) is 0. The predicted octanol–water partition coefficient (Wildman–Crippen LogP) is 4.00. The van der Waals surface area contributed by atoms with Crippen molar-refractivity contribution in [2.24, 2.45) is 29.0 Å². The Labute approximate surface area is 125 Å². The molecule has 0 aromatic heterocycles. The highest BCUT2D eigenvalue weighted by molar-refractivity contribution is 5.04. The topological polar surface area (TPSA) is 78.1 Å². The van der Waals surface area contributed by atoms with Crippen LogP contribution >= 0.6 is 0 Å². The Morgan fingerprint density at radius 2 is 1.70 bits per heavy atom. The Kier molecular flexibility index (Phi) is 10.0. The van der Waals surface area contributed by atoms with E-state index in [0.29, 0.717) is 17.7 Å². The second kappa shape index (κ2) is 10.6. The molecule has 0 bridgehead atoms. The van der Waals surface area contributed by atoms with E-state index >= 15 is 0 Å². The summed E-state index contributed by atoms with van der Waals surface area (Å²) in [5.74, 6) is 1.72. The van der Waals surface area contributed by atoms with E-state index in [1.165, 1.54) is 25.7 Å². The summed E-state index contributed by atoms with van der Waals surface area (Å²) in [6, 6.07) is 0. The molecule has 0 aliphatic carbocycles. The quantitative estimate of drug-likeness (QED) is 0.530. The van der Waals surface area contributed by atoms with Crippen LogP contribution in [0, 0.1) is 11.8 Å². The number of hydrogen-bond donors (Lipinski definition) is 3. The highest BCUT2D eigenvalue weighted by atomic mass is 14.8. The molecule has 20 heavy (non-hydrogen) atoms. The maximum absolute atomic E-state index is 6.05. The highest BCUT2D eigenvalue weighted by Gasteiger charge is 2.04. The molecule has 0 saturated carbocycles. The van der Waals surface area contributed by atoms with Gasteiger partial charge in [0.25, 0.3) is 0 Å². The number of hydrogen-bond acceptors (Lipinski definition) is 3. The van der Waals surface area contributed by atoms with E-state index in [0.717, 1.165) is 30.5 Å². The first kappa shape index (κ1) is 18.9. The minimum Gasteiger partial charge on any atom is -0.402 e. The lowest BCUT2D eigenvalue weighted by Gasteiger charge is -2.12. The normalized spacial score (nSPS) is 14.9. The third-order valence-corrected chi connectivity index (χ3v) is 4.18. The van der Waals surface area contributed by atoms with Crippen LogP contribution in [-0.4, -0.2) is 0 Å². The molecule has 0 aliphatic heterocycles. The van der Waals surface area contributed by atoms with Crippen molar-refractivity contribution in [2.75, 3.05) is 0 Å². The Bertz CT molecular complexity index is 314. The molecule has 0 rings (SSSR count). The first-order valence-electron chi connectivity index (χ1n) is 8.04. The van der Waals surface area contributed by atoms with Crippen LogP contribution in [0.4, 0.5) is 0 Å². The second-order valence-electron chi connectivity index (χ2n) is 6.19. The number of rotatable bonds is 10. The summed E-state index contributed by atoms with van der Waals surface area (Å²) in [6.07, 6.45) is 10.4. The predicted molar refractivity (Wildman–Crippen MR) is 89.7 cm³/mol. The van der Waals surface area contributed by atoms with Crippen LogP contribution in [0.3, 0.4) is 0 Å². The Hall–Kier alpha value is -1.12. The molecule has 2 unspecified atom stereocenters. The van der Waals surface area contributed by atoms with Gasteiger partial charge in [0.05, 0.1) is 5.82 Å². The summed E-state index contributed by atoms with van der Waals surface area (Å²) in [5.41, 5.74) is 19.3. The lowest BCUT2D eigenvalue weighted by Crippen LogP contribution is -2.10. The summed E-state index contributed by atoms with van der Waals surface area (Å²) >= 11 is 0. The molecule has 0 radical (unpaired) electrons. The minimum absolute atomic E-state index is 0.490. The van der Waals surface area contributed by atoms with Crippen molar-refractivity contribution in [3.8, 4) is 0 Å². The zero-order valence-electron chi connectivity index (χ0n) is 13.9. The van der Waals surface area contributed by atoms with Crippen LogP contribution in [0.5, 0.6) is 0 Å². The summed E-state index contributed by atoms with van der Waals surface area (Å²) in [4.78, 5) is 0. The van der Waals surface area contributed by atoms with Crippen molar-refractivity contribution >= 4 is 0 Å². The molecule has 0 aromatic rings. The Morgan fingerprint density at radius 1 is 1.05 bits per heavy atom. The van der Waals surface area contributed by atoms with E-state index in [1.807, 2.05) is 6.92 Å². The fraction of sp³-hybridized carbons (Fsp3) is 0.765. The maximum Gasteiger partial charge on any atom is 0.0922 e. The number of allylic oxidation sites excluding steroid dienone is 3. The third-order valence-electron chi connectivity index (χ3n) is 4.18. The van der Waals surface area contributed by atoms with Gasteiger partial charge in [-0.05, 0) is 50.0 Å². The van der Waals surface area contributed by atoms with Gasteiger partial charge in [-0.25, -0.2) is 0 Å². The van der Waals surface area contributed by atoms with Crippen molar-refractivity contribution in [3.63, 3.8) is 0 Å². The minimum atomic E-state index is 0.490. The van der Waals surface area contributed by atoms with Gasteiger partial charge >= 0.3 is 0 Å². The van der Waals surface area contributed by atoms with Gasteiger partial charge < -0.3 is 17.2 Å². The van der Waals surface area contributed by atoms with Gasteiger partial charge in [-0.2, -0.15) is 0 Å². The number of nitrogens with two attached hydrogens (primary N) is 3. The molecule has 118 valence electrons. The third kappa shape index (κ3) is 8.89. The van der Waals surface area contributed by atoms with Crippen molar-refractivity contribution in [1.82, 2.24) is 0 Å². The molecule has 0 saturated heterocycles. The first-order chi connectivity index (χ1) is 9.38. The molecule has 3 heteroatoms. The first-order valence-corrected chi connectivity index (χ1v) is 8.04. The van der Waals surface area contributed by atoms with E-state index < -0.39 is 0 Å². The van der Waals surface area contributed by atoms with Crippen molar-refractivity contribution in [2.45, 2.75) is 72.6 Å². The molecule has 0 spiro atoms. The van der Waals surface area contributed by atoms with E-state index in [1.54, 1.807) is 0 Å². The van der Waals surface area contributed by atoms with Crippen LogP contribution in [0.1, 0.15) is 72.6 Å².